The lowest BCUT2D eigenvalue weighted by Crippen LogP contribution is -2.05. The highest BCUT2D eigenvalue weighted by atomic mass is 16.6. The molecule has 0 aromatic heterocycles. The first-order valence-corrected chi connectivity index (χ1v) is 5.75. The van der Waals surface area contributed by atoms with Crippen molar-refractivity contribution in [2.24, 2.45) is 0 Å². The van der Waals surface area contributed by atoms with Gasteiger partial charge in [-0.2, -0.15) is 0 Å². The summed E-state index contributed by atoms with van der Waals surface area (Å²) in [5.74, 6) is -1.31. The van der Waals surface area contributed by atoms with Crippen LogP contribution in [0.4, 0.5) is 0 Å². The molecule has 2 aliphatic rings. The number of aldehydes is 1. The van der Waals surface area contributed by atoms with Crippen LogP contribution in [0.5, 0.6) is 0 Å². The van der Waals surface area contributed by atoms with Crippen LogP contribution in [0.25, 0.3) is 21.9 Å². The van der Waals surface area contributed by atoms with Crippen LogP contribution in [0.15, 0.2) is 30.3 Å². The lowest BCUT2D eigenvalue weighted by atomic mass is 9.97. The number of hydrogen-bond acceptors (Lipinski definition) is 4. The maximum absolute atomic E-state index is 11.8. The van der Waals surface area contributed by atoms with Crippen molar-refractivity contribution in [3.05, 3.63) is 47.0 Å². The number of carbonyl (C=O) groups excluding carboxylic acids is 3. The summed E-state index contributed by atoms with van der Waals surface area (Å²) in [5.41, 5.74) is 2.09. The van der Waals surface area contributed by atoms with Crippen molar-refractivity contribution in [1.29, 1.82) is 0 Å². The third-order valence-electron chi connectivity index (χ3n) is 3.57. The monoisotopic (exact) mass is 250 g/mol. The van der Waals surface area contributed by atoms with Gasteiger partial charge >= 0.3 is 11.9 Å². The minimum atomic E-state index is -0.674. The van der Waals surface area contributed by atoms with Crippen LogP contribution in [-0.2, 0) is 14.3 Å². The fourth-order valence-corrected chi connectivity index (χ4v) is 2.83. The Kier molecular flexibility index (Phi) is 1.70. The Labute approximate surface area is 107 Å². The van der Waals surface area contributed by atoms with Crippen molar-refractivity contribution in [3.8, 4) is 0 Å². The lowest BCUT2D eigenvalue weighted by Gasteiger charge is -2.07. The third kappa shape index (κ3) is 1.06. The molecule has 4 nitrogen and oxygen atoms in total. The van der Waals surface area contributed by atoms with E-state index in [9.17, 15) is 14.4 Å². The van der Waals surface area contributed by atoms with Gasteiger partial charge in [0.15, 0.2) is 6.29 Å². The van der Waals surface area contributed by atoms with Crippen molar-refractivity contribution >= 4 is 40.1 Å². The topological polar surface area (TPSA) is 60.4 Å². The van der Waals surface area contributed by atoms with Gasteiger partial charge in [0.2, 0.25) is 0 Å². The van der Waals surface area contributed by atoms with E-state index in [2.05, 4.69) is 4.74 Å². The van der Waals surface area contributed by atoms with E-state index in [0.29, 0.717) is 23.0 Å². The first kappa shape index (κ1) is 10.2. The van der Waals surface area contributed by atoms with Crippen LogP contribution in [0.1, 0.15) is 21.5 Å². The van der Waals surface area contributed by atoms with E-state index in [1.54, 1.807) is 12.1 Å². The van der Waals surface area contributed by atoms with E-state index in [1.165, 1.54) is 0 Å². The number of benzene rings is 2. The van der Waals surface area contributed by atoms with Gasteiger partial charge in [-0.05, 0) is 16.3 Å². The van der Waals surface area contributed by atoms with Crippen LogP contribution in [-0.4, -0.2) is 18.2 Å². The average Bonchev–Trinajstić information content (AvgIpc) is 2.90. The molecule has 0 bridgehead atoms. The van der Waals surface area contributed by atoms with Gasteiger partial charge in [-0.1, -0.05) is 30.3 Å². The zero-order valence-electron chi connectivity index (χ0n) is 9.60. The lowest BCUT2D eigenvalue weighted by molar-refractivity contribution is -0.149. The SMILES string of the molecule is O=Cc1ccc2cccc3c2c1C1=C3C(=O)OC1=O. The molecular weight excluding hydrogens is 244 g/mol. The molecule has 1 heterocycles. The largest absolute Gasteiger partial charge is 0.386 e. The van der Waals surface area contributed by atoms with Gasteiger partial charge in [0.1, 0.15) is 0 Å². The Hall–Kier alpha value is -2.75. The smallest absolute Gasteiger partial charge is 0.347 e. The predicted molar refractivity (Wildman–Crippen MR) is 67.2 cm³/mol. The molecule has 2 aromatic rings. The fourth-order valence-electron chi connectivity index (χ4n) is 2.83. The van der Waals surface area contributed by atoms with Gasteiger partial charge in [0.05, 0.1) is 11.1 Å². The highest BCUT2D eigenvalue weighted by Gasteiger charge is 2.41. The van der Waals surface area contributed by atoms with E-state index in [4.69, 9.17) is 0 Å². The maximum Gasteiger partial charge on any atom is 0.347 e. The first-order chi connectivity index (χ1) is 9.22. The summed E-state index contributed by atoms with van der Waals surface area (Å²) < 4.78 is 4.65. The Bertz CT molecular complexity index is 843. The third-order valence-corrected chi connectivity index (χ3v) is 3.57. The molecule has 0 unspecified atom stereocenters. The van der Waals surface area contributed by atoms with E-state index in [1.807, 2.05) is 18.2 Å². The molecule has 0 radical (unpaired) electrons. The molecule has 1 aliphatic heterocycles. The number of hydrogen-bond donors (Lipinski definition) is 0. The highest BCUT2D eigenvalue weighted by molar-refractivity contribution is 6.50. The Morgan fingerprint density at radius 3 is 2.53 bits per heavy atom. The predicted octanol–water partition coefficient (Wildman–Crippen LogP) is 1.96. The molecule has 2 aromatic carbocycles. The first-order valence-electron chi connectivity index (χ1n) is 5.75. The molecule has 4 rings (SSSR count). The number of esters is 2. The number of cyclic esters (lactones) is 2. The molecule has 0 amide bonds. The molecule has 0 spiro atoms. The molecule has 0 fully saturated rings. The minimum absolute atomic E-state index is 0.221. The standard InChI is InChI=1S/C15H6O4/c16-6-8-5-4-7-2-1-3-9-10(7)11(8)13-12(9)14(17)19-15(13)18/h1-6H. The fraction of sp³-hybridized carbons (Fsp3) is 0. The van der Waals surface area contributed by atoms with Gasteiger partial charge in [0, 0.05) is 11.1 Å². The summed E-state index contributed by atoms with van der Waals surface area (Å²) >= 11 is 0. The normalized spacial score (nSPS) is 16.0. The molecule has 0 atom stereocenters. The van der Waals surface area contributed by atoms with Crippen LogP contribution < -0.4 is 0 Å². The molecule has 0 N–H and O–H groups in total. The molecule has 0 saturated heterocycles. The number of ether oxygens (including phenoxy) is 1. The van der Waals surface area contributed by atoms with Crippen molar-refractivity contribution in [2.45, 2.75) is 0 Å². The number of carbonyl (C=O) groups is 3. The van der Waals surface area contributed by atoms with Gasteiger partial charge in [-0.15, -0.1) is 0 Å². The van der Waals surface area contributed by atoms with Crippen LogP contribution >= 0.6 is 0 Å². The summed E-state index contributed by atoms with van der Waals surface area (Å²) in [6.45, 7) is 0. The summed E-state index contributed by atoms with van der Waals surface area (Å²) in [4.78, 5) is 34.8. The maximum atomic E-state index is 11.8. The average molecular weight is 250 g/mol. The summed E-state index contributed by atoms with van der Waals surface area (Å²) in [5, 5.41) is 1.68. The van der Waals surface area contributed by atoms with Crippen molar-refractivity contribution in [2.75, 3.05) is 0 Å². The van der Waals surface area contributed by atoms with E-state index < -0.39 is 11.9 Å². The van der Waals surface area contributed by atoms with E-state index in [-0.39, 0.29) is 11.1 Å². The molecule has 4 heteroatoms. The van der Waals surface area contributed by atoms with Gasteiger partial charge in [-0.25, -0.2) is 9.59 Å². The van der Waals surface area contributed by atoms with Crippen LogP contribution in [0, 0.1) is 0 Å². The van der Waals surface area contributed by atoms with Gasteiger partial charge in [0.25, 0.3) is 0 Å². The van der Waals surface area contributed by atoms with Crippen molar-refractivity contribution < 1.29 is 19.1 Å². The minimum Gasteiger partial charge on any atom is -0.386 e. The van der Waals surface area contributed by atoms with Crippen LogP contribution in [0.3, 0.4) is 0 Å². The van der Waals surface area contributed by atoms with Crippen molar-refractivity contribution in [1.82, 2.24) is 0 Å². The van der Waals surface area contributed by atoms with Crippen molar-refractivity contribution in [3.63, 3.8) is 0 Å². The molecule has 0 saturated carbocycles. The second-order valence-corrected chi connectivity index (χ2v) is 4.48. The molecule has 90 valence electrons. The summed E-state index contributed by atoms with van der Waals surface area (Å²) in [6, 6.07) is 8.93. The zero-order valence-corrected chi connectivity index (χ0v) is 9.60. The van der Waals surface area contributed by atoms with E-state index >= 15 is 0 Å². The van der Waals surface area contributed by atoms with Gasteiger partial charge < -0.3 is 4.74 Å². The molecular formula is C15H6O4. The molecule has 19 heavy (non-hydrogen) atoms. The van der Waals surface area contributed by atoms with Crippen LogP contribution in [0.2, 0.25) is 0 Å². The Balaban J connectivity index is 2.26. The Morgan fingerprint density at radius 1 is 0.947 bits per heavy atom. The quantitative estimate of drug-likeness (QED) is 0.441. The summed E-state index contributed by atoms with van der Waals surface area (Å²) in [7, 11) is 0. The second kappa shape index (κ2) is 3.17. The van der Waals surface area contributed by atoms with Gasteiger partial charge in [-0.3, -0.25) is 4.79 Å². The Morgan fingerprint density at radius 2 is 1.74 bits per heavy atom. The number of fused-ring (bicyclic) bond motifs is 2. The molecule has 1 aliphatic carbocycles. The zero-order chi connectivity index (χ0) is 13.1. The van der Waals surface area contributed by atoms with E-state index in [0.717, 1.165) is 10.8 Å². The second-order valence-electron chi connectivity index (χ2n) is 4.48. The number of rotatable bonds is 1. The summed E-state index contributed by atoms with van der Waals surface area (Å²) in [6.07, 6.45) is 0.692. The highest BCUT2D eigenvalue weighted by Crippen LogP contribution is 2.47.